The van der Waals surface area contributed by atoms with Crippen LogP contribution in [0.25, 0.3) is 0 Å². The van der Waals surface area contributed by atoms with Crippen LogP contribution in [-0.4, -0.2) is 18.2 Å². The molecule has 0 saturated heterocycles. The van der Waals surface area contributed by atoms with E-state index in [9.17, 15) is 4.79 Å². The maximum atomic E-state index is 10.5. The van der Waals surface area contributed by atoms with Gasteiger partial charge < -0.3 is 9.84 Å². The predicted molar refractivity (Wildman–Crippen MR) is 63.0 cm³/mol. The molecule has 0 aliphatic rings. The van der Waals surface area contributed by atoms with Crippen LogP contribution in [-0.2, 0) is 11.2 Å². The summed E-state index contributed by atoms with van der Waals surface area (Å²) in [5.41, 5.74) is 3.54. The van der Waals surface area contributed by atoms with E-state index < -0.39 is 5.97 Å². The molecule has 1 aromatic carbocycles. The van der Waals surface area contributed by atoms with Crippen molar-refractivity contribution in [1.82, 2.24) is 0 Å². The Kier molecular flexibility index (Phi) is 4.35. The lowest BCUT2D eigenvalue weighted by atomic mass is 9.98. The van der Waals surface area contributed by atoms with Crippen LogP contribution in [0.15, 0.2) is 12.1 Å². The van der Waals surface area contributed by atoms with Crippen LogP contribution in [0.5, 0.6) is 5.75 Å². The van der Waals surface area contributed by atoms with Crippen LogP contribution < -0.4 is 4.74 Å². The maximum Gasteiger partial charge on any atom is 0.303 e. The zero-order valence-electron chi connectivity index (χ0n) is 10.0. The third-order valence-electron chi connectivity index (χ3n) is 2.86. The number of aliphatic carboxylic acids is 1. The average Bonchev–Trinajstić information content (AvgIpc) is 2.24. The fourth-order valence-electron chi connectivity index (χ4n) is 1.77. The first-order chi connectivity index (χ1) is 7.56. The van der Waals surface area contributed by atoms with Gasteiger partial charge in [-0.25, -0.2) is 0 Å². The zero-order chi connectivity index (χ0) is 12.1. The minimum absolute atomic E-state index is 0.205. The molecule has 0 atom stereocenters. The molecule has 0 unspecified atom stereocenters. The summed E-state index contributed by atoms with van der Waals surface area (Å²) in [4.78, 5) is 10.5. The molecule has 1 N–H and O–H groups in total. The Morgan fingerprint density at radius 2 is 2.06 bits per heavy atom. The van der Waals surface area contributed by atoms with Gasteiger partial charge in [-0.05, 0) is 49.4 Å². The van der Waals surface area contributed by atoms with Gasteiger partial charge in [-0.2, -0.15) is 0 Å². The molecule has 0 aliphatic carbocycles. The highest BCUT2D eigenvalue weighted by Gasteiger charge is 2.09. The monoisotopic (exact) mass is 222 g/mol. The topological polar surface area (TPSA) is 46.5 Å². The Morgan fingerprint density at radius 1 is 1.38 bits per heavy atom. The summed E-state index contributed by atoms with van der Waals surface area (Å²) in [6, 6.07) is 3.97. The molecule has 0 aromatic heterocycles. The van der Waals surface area contributed by atoms with Gasteiger partial charge in [0.1, 0.15) is 5.75 Å². The maximum absolute atomic E-state index is 10.5. The van der Waals surface area contributed by atoms with Crippen molar-refractivity contribution in [2.45, 2.75) is 33.1 Å². The first-order valence-corrected chi connectivity index (χ1v) is 5.41. The number of hydrogen-bond acceptors (Lipinski definition) is 2. The second-order valence-corrected chi connectivity index (χ2v) is 3.94. The Hall–Kier alpha value is -1.51. The highest BCUT2D eigenvalue weighted by atomic mass is 16.5. The van der Waals surface area contributed by atoms with Crippen LogP contribution in [0.3, 0.4) is 0 Å². The van der Waals surface area contributed by atoms with Gasteiger partial charge in [0.2, 0.25) is 0 Å². The fraction of sp³-hybridized carbons (Fsp3) is 0.462. The van der Waals surface area contributed by atoms with E-state index in [0.29, 0.717) is 6.42 Å². The summed E-state index contributed by atoms with van der Waals surface area (Å²) in [5.74, 6) is 0.109. The summed E-state index contributed by atoms with van der Waals surface area (Å²) < 4.78 is 5.29. The lowest BCUT2D eigenvalue weighted by molar-refractivity contribution is -0.137. The zero-order valence-corrected chi connectivity index (χ0v) is 10.0. The Balaban J connectivity index is 2.83. The van der Waals surface area contributed by atoms with E-state index in [4.69, 9.17) is 9.84 Å². The molecule has 3 heteroatoms. The molecule has 0 heterocycles. The smallest absolute Gasteiger partial charge is 0.303 e. The van der Waals surface area contributed by atoms with Gasteiger partial charge in [0.25, 0.3) is 0 Å². The molecule has 1 aromatic rings. The minimum atomic E-state index is -0.746. The van der Waals surface area contributed by atoms with Crippen molar-refractivity contribution in [2.24, 2.45) is 0 Å². The number of benzene rings is 1. The second kappa shape index (κ2) is 5.54. The first-order valence-electron chi connectivity index (χ1n) is 5.41. The van der Waals surface area contributed by atoms with Crippen molar-refractivity contribution in [3.05, 3.63) is 28.8 Å². The van der Waals surface area contributed by atoms with E-state index in [1.54, 1.807) is 7.11 Å². The van der Waals surface area contributed by atoms with E-state index in [-0.39, 0.29) is 6.42 Å². The lowest BCUT2D eigenvalue weighted by Gasteiger charge is -2.13. The van der Waals surface area contributed by atoms with Gasteiger partial charge in [-0.1, -0.05) is 6.07 Å². The van der Waals surface area contributed by atoms with Crippen LogP contribution in [0.1, 0.15) is 29.5 Å². The summed E-state index contributed by atoms with van der Waals surface area (Å²) in [5, 5.41) is 8.61. The first kappa shape index (κ1) is 12.6. The number of ether oxygens (including phenoxy) is 1. The summed E-state index contributed by atoms with van der Waals surface area (Å²) in [6.07, 6.45) is 1.61. The van der Waals surface area contributed by atoms with Gasteiger partial charge in [-0.15, -0.1) is 0 Å². The molecule has 3 nitrogen and oxygen atoms in total. The molecular formula is C13H18O3. The SMILES string of the molecule is COc1ccc(C)c(C)c1CCCC(=O)O. The van der Waals surface area contributed by atoms with Crippen molar-refractivity contribution in [3.8, 4) is 5.75 Å². The highest BCUT2D eigenvalue weighted by molar-refractivity contribution is 5.66. The third kappa shape index (κ3) is 2.99. The number of carbonyl (C=O) groups is 1. The highest BCUT2D eigenvalue weighted by Crippen LogP contribution is 2.26. The van der Waals surface area contributed by atoms with Crippen molar-refractivity contribution >= 4 is 5.97 Å². The van der Waals surface area contributed by atoms with Gasteiger partial charge >= 0.3 is 5.97 Å². The van der Waals surface area contributed by atoms with E-state index >= 15 is 0 Å². The molecule has 0 saturated carbocycles. The predicted octanol–water partition coefficient (Wildman–Crippen LogP) is 2.72. The largest absolute Gasteiger partial charge is 0.496 e. The number of rotatable bonds is 5. The summed E-state index contributed by atoms with van der Waals surface area (Å²) in [6.45, 7) is 4.10. The normalized spacial score (nSPS) is 10.2. The van der Waals surface area contributed by atoms with Crippen molar-refractivity contribution in [3.63, 3.8) is 0 Å². The molecular weight excluding hydrogens is 204 g/mol. The lowest BCUT2D eigenvalue weighted by Crippen LogP contribution is -2.00. The number of carboxylic acid groups (broad SMARTS) is 1. The van der Waals surface area contributed by atoms with Crippen molar-refractivity contribution in [1.29, 1.82) is 0 Å². The molecule has 0 radical (unpaired) electrons. The molecule has 0 amide bonds. The number of hydrogen-bond donors (Lipinski definition) is 1. The van der Waals surface area contributed by atoms with E-state index in [1.165, 1.54) is 11.1 Å². The number of carboxylic acids is 1. The summed E-state index contributed by atoms with van der Waals surface area (Å²) in [7, 11) is 1.64. The Labute approximate surface area is 96.1 Å². The average molecular weight is 222 g/mol. The van der Waals surface area contributed by atoms with Gasteiger partial charge in [0.05, 0.1) is 7.11 Å². The fourth-order valence-corrected chi connectivity index (χ4v) is 1.77. The molecule has 0 bridgehead atoms. The van der Waals surface area contributed by atoms with Crippen LogP contribution in [0.4, 0.5) is 0 Å². The molecule has 0 aliphatic heterocycles. The number of methoxy groups -OCH3 is 1. The Bertz CT molecular complexity index is 383. The van der Waals surface area contributed by atoms with E-state index in [0.717, 1.165) is 17.7 Å². The number of aryl methyl sites for hydroxylation is 1. The second-order valence-electron chi connectivity index (χ2n) is 3.94. The standard InChI is InChI=1S/C13H18O3/c1-9-7-8-12(16-3)11(10(9)2)5-4-6-13(14)15/h7-8H,4-6H2,1-3H3,(H,14,15). The molecule has 1 rings (SSSR count). The van der Waals surface area contributed by atoms with Gasteiger partial charge in [0.15, 0.2) is 0 Å². The van der Waals surface area contributed by atoms with Gasteiger partial charge in [-0.3, -0.25) is 4.79 Å². The third-order valence-corrected chi connectivity index (χ3v) is 2.86. The van der Waals surface area contributed by atoms with E-state index in [1.807, 2.05) is 19.1 Å². The quantitative estimate of drug-likeness (QED) is 0.833. The van der Waals surface area contributed by atoms with E-state index in [2.05, 4.69) is 6.92 Å². The minimum Gasteiger partial charge on any atom is -0.496 e. The molecule has 16 heavy (non-hydrogen) atoms. The molecule has 0 fully saturated rings. The summed E-state index contributed by atoms with van der Waals surface area (Å²) >= 11 is 0. The van der Waals surface area contributed by atoms with Crippen LogP contribution in [0.2, 0.25) is 0 Å². The molecule has 0 spiro atoms. The van der Waals surface area contributed by atoms with Crippen LogP contribution >= 0.6 is 0 Å². The van der Waals surface area contributed by atoms with Crippen molar-refractivity contribution in [2.75, 3.05) is 7.11 Å². The molecule has 88 valence electrons. The van der Waals surface area contributed by atoms with Gasteiger partial charge in [0, 0.05) is 6.42 Å². The Morgan fingerprint density at radius 3 is 2.62 bits per heavy atom. The van der Waals surface area contributed by atoms with Crippen molar-refractivity contribution < 1.29 is 14.6 Å². The van der Waals surface area contributed by atoms with Crippen LogP contribution in [0, 0.1) is 13.8 Å².